The Morgan fingerprint density at radius 1 is 0.871 bits per heavy atom. The lowest BCUT2D eigenvalue weighted by Gasteiger charge is -2.14. The number of methoxy groups -OCH3 is 5. The molecule has 0 saturated heterocycles. The van der Waals surface area contributed by atoms with Gasteiger partial charge in [-0.25, -0.2) is 5.43 Å². The zero-order valence-corrected chi connectivity index (χ0v) is 18.0. The highest BCUT2D eigenvalue weighted by molar-refractivity contribution is 5.97. The molecule has 0 aliphatic carbocycles. The number of ether oxygens (including phenoxy) is 5. The van der Waals surface area contributed by atoms with Gasteiger partial charge in [-0.1, -0.05) is 0 Å². The first kappa shape index (κ1) is 23.3. The van der Waals surface area contributed by atoms with Crippen molar-refractivity contribution in [3.8, 4) is 28.7 Å². The zero-order chi connectivity index (χ0) is 22.8. The predicted octanol–water partition coefficient (Wildman–Crippen LogP) is 1.61. The number of benzene rings is 2. The Hall–Kier alpha value is -3.95. The summed E-state index contributed by atoms with van der Waals surface area (Å²) in [5, 5.41) is 6.39. The summed E-state index contributed by atoms with van der Waals surface area (Å²) in [6.07, 6.45) is 1.43. The van der Waals surface area contributed by atoms with Crippen molar-refractivity contribution in [1.29, 1.82) is 0 Å². The fourth-order valence-electron chi connectivity index (χ4n) is 2.61. The highest BCUT2D eigenvalue weighted by Gasteiger charge is 2.17. The van der Waals surface area contributed by atoms with E-state index in [2.05, 4.69) is 15.8 Å². The Morgan fingerprint density at radius 3 is 2.06 bits per heavy atom. The van der Waals surface area contributed by atoms with Gasteiger partial charge >= 0.3 is 0 Å². The quantitative estimate of drug-likeness (QED) is 0.434. The second kappa shape index (κ2) is 11.3. The summed E-state index contributed by atoms with van der Waals surface area (Å²) in [4.78, 5) is 24.4. The molecule has 10 nitrogen and oxygen atoms in total. The first-order valence-electron chi connectivity index (χ1n) is 9.09. The highest BCUT2D eigenvalue weighted by Crippen LogP contribution is 2.38. The number of amides is 2. The lowest BCUT2D eigenvalue weighted by atomic mass is 10.1. The molecule has 0 heterocycles. The average molecular weight is 431 g/mol. The second-order valence-corrected chi connectivity index (χ2v) is 6.00. The molecule has 0 unspecified atom stereocenters. The Bertz CT molecular complexity index is 935. The van der Waals surface area contributed by atoms with E-state index in [1.807, 2.05) is 0 Å². The molecule has 2 amide bonds. The molecule has 2 N–H and O–H groups in total. The van der Waals surface area contributed by atoms with Crippen LogP contribution in [-0.4, -0.2) is 60.1 Å². The maximum absolute atomic E-state index is 12.4. The fourth-order valence-corrected chi connectivity index (χ4v) is 2.61. The third-order valence-corrected chi connectivity index (χ3v) is 4.17. The summed E-state index contributed by atoms with van der Waals surface area (Å²) in [5.41, 5.74) is 3.23. The Kier molecular flexibility index (Phi) is 8.50. The summed E-state index contributed by atoms with van der Waals surface area (Å²) in [6, 6.07) is 8.15. The summed E-state index contributed by atoms with van der Waals surface area (Å²) < 4.78 is 26.1. The van der Waals surface area contributed by atoms with Crippen LogP contribution in [0.3, 0.4) is 0 Å². The Balaban J connectivity index is 1.97. The molecule has 0 fully saturated rings. The van der Waals surface area contributed by atoms with Crippen LogP contribution >= 0.6 is 0 Å². The van der Waals surface area contributed by atoms with Crippen LogP contribution in [0.2, 0.25) is 0 Å². The van der Waals surface area contributed by atoms with Crippen LogP contribution in [0, 0.1) is 0 Å². The lowest BCUT2D eigenvalue weighted by Crippen LogP contribution is -2.35. The van der Waals surface area contributed by atoms with Crippen molar-refractivity contribution in [1.82, 2.24) is 10.7 Å². The van der Waals surface area contributed by atoms with E-state index < -0.39 is 11.8 Å². The summed E-state index contributed by atoms with van der Waals surface area (Å²) in [7, 11) is 7.43. The number of hydrazone groups is 1. The summed E-state index contributed by atoms with van der Waals surface area (Å²) >= 11 is 0. The third kappa shape index (κ3) is 6.01. The standard InChI is InChI=1S/C21H25N3O7/c1-27-15-7-6-13(16(10-15)28-2)11-23-24-19(25)12-22-21(26)14-8-17(29-3)20(31-5)18(9-14)30-4/h6-11H,12H2,1-5H3,(H,22,26)(H,24,25)/b23-11+. The molecule has 0 aromatic heterocycles. The smallest absolute Gasteiger partial charge is 0.259 e. The van der Waals surface area contributed by atoms with Crippen molar-refractivity contribution in [2.45, 2.75) is 0 Å². The molecule has 2 rings (SSSR count). The average Bonchev–Trinajstić information content (AvgIpc) is 2.81. The van der Waals surface area contributed by atoms with E-state index >= 15 is 0 Å². The highest BCUT2D eigenvalue weighted by atomic mass is 16.5. The van der Waals surface area contributed by atoms with Crippen LogP contribution in [0.1, 0.15) is 15.9 Å². The summed E-state index contributed by atoms with van der Waals surface area (Å²) in [5.74, 6) is 1.19. The van der Waals surface area contributed by atoms with E-state index in [-0.39, 0.29) is 12.1 Å². The topological polar surface area (TPSA) is 117 Å². The monoisotopic (exact) mass is 431 g/mol. The van der Waals surface area contributed by atoms with Crippen molar-refractivity contribution >= 4 is 18.0 Å². The zero-order valence-electron chi connectivity index (χ0n) is 18.0. The molecule has 166 valence electrons. The third-order valence-electron chi connectivity index (χ3n) is 4.17. The number of hydrogen-bond donors (Lipinski definition) is 2. The van der Waals surface area contributed by atoms with Crippen molar-refractivity contribution in [2.24, 2.45) is 5.10 Å². The van der Waals surface area contributed by atoms with Gasteiger partial charge in [0.15, 0.2) is 11.5 Å². The number of carbonyl (C=O) groups is 2. The van der Waals surface area contributed by atoms with Gasteiger partial charge in [-0.05, 0) is 24.3 Å². The molecule has 0 saturated carbocycles. The van der Waals surface area contributed by atoms with E-state index in [0.717, 1.165) is 0 Å². The van der Waals surface area contributed by atoms with E-state index in [1.54, 1.807) is 25.3 Å². The second-order valence-electron chi connectivity index (χ2n) is 6.00. The van der Waals surface area contributed by atoms with Gasteiger partial charge in [0.1, 0.15) is 11.5 Å². The fraction of sp³-hybridized carbons (Fsp3) is 0.286. The van der Waals surface area contributed by atoms with E-state index in [0.29, 0.717) is 34.3 Å². The summed E-state index contributed by atoms with van der Waals surface area (Å²) in [6.45, 7) is -0.285. The number of hydrogen-bond acceptors (Lipinski definition) is 8. The van der Waals surface area contributed by atoms with E-state index in [4.69, 9.17) is 23.7 Å². The molecule has 0 radical (unpaired) electrons. The van der Waals surface area contributed by atoms with Gasteiger partial charge in [0.05, 0.1) is 48.3 Å². The van der Waals surface area contributed by atoms with Crippen molar-refractivity contribution in [2.75, 3.05) is 42.1 Å². The van der Waals surface area contributed by atoms with Crippen LogP contribution in [0.25, 0.3) is 0 Å². The van der Waals surface area contributed by atoms with Crippen LogP contribution in [0.4, 0.5) is 0 Å². The van der Waals surface area contributed by atoms with E-state index in [1.165, 1.54) is 46.8 Å². The maximum atomic E-state index is 12.4. The van der Waals surface area contributed by atoms with E-state index in [9.17, 15) is 9.59 Å². The van der Waals surface area contributed by atoms with Gasteiger partial charge in [-0.2, -0.15) is 5.10 Å². The predicted molar refractivity (Wildman–Crippen MR) is 114 cm³/mol. The normalized spacial score (nSPS) is 10.4. The first-order chi connectivity index (χ1) is 15.0. The maximum Gasteiger partial charge on any atom is 0.259 e. The van der Waals surface area contributed by atoms with Crippen LogP contribution < -0.4 is 34.4 Å². The van der Waals surface area contributed by atoms with Gasteiger partial charge in [-0.15, -0.1) is 0 Å². The van der Waals surface area contributed by atoms with Gasteiger partial charge in [0, 0.05) is 17.2 Å². The molecule has 2 aromatic rings. The molecule has 0 atom stereocenters. The molecule has 2 aromatic carbocycles. The van der Waals surface area contributed by atoms with Crippen molar-refractivity contribution < 1.29 is 33.3 Å². The van der Waals surface area contributed by atoms with Crippen LogP contribution in [0.5, 0.6) is 28.7 Å². The molecule has 0 aliphatic rings. The first-order valence-corrected chi connectivity index (χ1v) is 9.09. The minimum atomic E-state index is -0.510. The SMILES string of the molecule is COc1ccc(/C=N/NC(=O)CNC(=O)c2cc(OC)c(OC)c(OC)c2)c(OC)c1. The molecular formula is C21H25N3O7. The lowest BCUT2D eigenvalue weighted by molar-refractivity contribution is -0.120. The molecule has 0 bridgehead atoms. The molecule has 31 heavy (non-hydrogen) atoms. The van der Waals surface area contributed by atoms with Gasteiger partial charge in [0.25, 0.3) is 11.8 Å². The van der Waals surface area contributed by atoms with Gasteiger partial charge in [0.2, 0.25) is 5.75 Å². The number of nitrogens with one attached hydrogen (secondary N) is 2. The Labute approximate surface area is 180 Å². The minimum absolute atomic E-state index is 0.244. The van der Waals surface area contributed by atoms with Crippen molar-refractivity contribution in [3.63, 3.8) is 0 Å². The largest absolute Gasteiger partial charge is 0.497 e. The molecule has 0 aliphatic heterocycles. The minimum Gasteiger partial charge on any atom is -0.497 e. The van der Waals surface area contributed by atoms with Gasteiger partial charge < -0.3 is 29.0 Å². The molecular weight excluding hydrogens is 406 g/mol. The number of nitrogens with zero attached hydrogens (tertiary/aromatic N) is 1. The van der Waals surface area contributed by atoms with Gasteiger partial charge in [-0.3, -0.25) is 9.59 Å². The molecule has 0 spiro atoms. The number of carbonyl (C=O) groups excluding carboxylic acids is 2. The Morgan fingerprint density at radius 2 is 1.52 bits per heavy atom. The molecule has 10 heteroatoms. The van der Waals surface area contributed by atoms with Crippen LogP contribution in [0.15, 0.2) is 35.4 Å². The number of rotatable bonds is 10. The van der Waals surface area contributed by atoms with Crippen molar-refractivity contribution in [3.05, 3.63) is 41.5 Å². The van der Waals surface area contributed by atoms with Crippen LogP contribution in [-0.2, 0) is 4.79 Å².